The van der Waals surface area contributed by atoms with Crippen molar-refractivity contribution in [2.24, 2.45) is 0 Å². The molecule has 0 radical (unpaired) electrons. The molecule has 0 N–H and O–H groups in total. The minimum absolute atomic E-state index is 0.352. The zero-order valence-corrected chi connectivity index (χ0v) is 15.3. The van der Waals surface area contributed by atoms with Crippen LogP contribution in [0.4, 0.5) is 5.69 Å². The predicted molar refractivity (Wildman–Crippen MR) is 108 cm³/mol. The third-order valence-electron chi connectivity index (χ3n) is 4.98. The number of anilines is 1. The number of benzene rings is 2. The second-order valence-corrected chi connectivity index (χ2v) is 6.80. The Morgan fingerprint density at radius 2 is 1.70 bits per heavy atom. The molecule has 1 saturated heterocycles. The van der Waals surface area contributed by atoms with Crippen LogP contribution in [0.3, 0.4) is 0 Å². The third kappa shape index (κ3) is 4.31. The lowest BCUT2D eigenvalue weighted by Crippen LogP contribution is -2.46. The van der Waals surface area contributed by atoms with Crippen molar-refractivity contribution in [3.8, 4) is 5.75 Å². The molecule has 0 bridgehead atoms. The summed E-state index contributed by atoms with van der Waals surface area (Å²) < 4.78 is 11.2. The van der Waals surface area contributed by atoms with Crippen molar-refractivity contribution >= 4 is 16.7 Å². The normalized spacial score (nSPS) is 15.2. The summed E-state index contributed by atoms with van der Waals surface area (Å²) in [5.41, 5.74) is 1.48. The molecule has 0 saturated carbocycles. The molecule has 1 aliphatic heterocycles. The average Bonchev–Trinajstić information content (AvgIpc) is 2.72. The van der Waals surface area contributed by atoms with E-state index in [1.807, 2.05) is 18.2 Å². The smallest absolute Gasteiger partial charge is 0.336 e. The predicted octanol–water partition coefficient (Wildman–Crippen LogP) is 3.38. The number of hydrogen-bond donors (Lipinski definition) is 0. The Morgan fingerprint density at radius 1 is 0.889 bits per heavy atom. The first-order chi connectivity index (χ1) is 13.3. The number of rotatable bonds is 6. The maximum Gasteiger partial charge on any atom is 0.336 e. The molecule has 1 fully saturated rings. The highest BCUT2D eigenvalue weighted by atomic mass is 16.5. The molecule has 5 heteroatoms. The van der Waals surface area contributed by atoms with Gasteiger partial charge in [-0.1, -0.05) is 30.3 Å². The van der Waals surface area contributed by atoms with Crippen molar-refractivity contribution in [3.63, 3.8) is 0 Å². The van der Waals surface area contributed by atoms with Gasteiger partial charge in [0.2, 0.25) is 0 Å². The molecule has 27 heavy (non-hydrogen) atoms. The molecule has 0 amide bonds. The number of fused-ring (bicyclic) bond motifs is 1. The molecule has 0 unspecified atom stereocenters. The van der Waals surface area contributed by atoms with Crippen molar-refractivity contribution in [2.45, 2.75) is 6.42 Å². The maximum absolute atomic E-state index is 11.5. The minimum atomic E-state index is -0.352. The number of hydrogen-bond acceptors (Lipinski definition) is 5. The van der Waals surface area contributed by atoms with Crippen molar-refractivity contribution in [1.82, 2.24) is 4.90 Å². The van der Waals surface area contributed by atoms with E-state index in [-0.39, 0.29) is 5.63 Å². The number of ether oxygens (including phenoxy) is 1. The molecule has 0 aliphatic carbocycles. The molecule has 3 aromatic rings. The molecule has 140 valence electrons. The molecular weight excluding hydrogens is 340 g/mol. The standard InChI is InChI=1S/C22H24N2O3/c25-21-11-10-18-6-4-9-20(22(18)27-21)26-17-5-12-23-13-15-24(16-14-23)19-7-2-1-3-8-19/h1-4,6-11H,5,12-17H2. The Hall–Kier alpha value is -2.79. The first-order valence-electron chi connectivity index (χ1n) is 9.48. The fourth-order valence-electron chi connectivity index (χ4n) is 3.52. The van der Waals surface area contributed by atoms with Crippen LogP contribution < -0.4 is 15.3 Å². The highest BCUT2D eigenvalue weighted by Crippen LogP contribution is 2.24. The molecule has 0 atom stereocenters. The summed E-state index contributed by atoms with van der Waals surface area (Å²) >= 11 is 0. The molecule has 2 aromatic carbocycles. The van der Waals surface area contributed by atoms with Crippen molar-refractivity contribution in [3.05, 3.63) is 71.1 Å². The van der Waals surface area contributed by atoms with E-state index in [0.29, 0.717) is 17.9 Å². The first kappa shape index (κ1) is 17.6. The van der Waals surface area contributed by atoms with Crippen LogP contribution in [0.15, 0.2) is 69.9 Å². The Labute approximate surface area is 158 Å². The van der Waals surface area contributed by atoms with Crippen molar-refractivity contribution in [1.29, 1.82) is 0 Å². The number of nitrogens with zero attached hydrogens (tertiary/aromatic N) is 2. The van der Waals surface area contributed by atoms with Gasteiger partial charge in [-0.05, 0) is 30.7 Å². The van der Waals surface area contributed by atoms with Crippen LogP contribution in [0.1, 0.15) is 6.42 Å². The summed E-state index contributed by atoms with van der Waals surface area (Å²) in [7, 11) is 0. The monoisotopic (exact) mass is 364 g/mol. The van der Waals surface area contributed by atoms with Crippen LogP contribution in [0.2, 0.25) is 0 Å². The lowest BCUT2D eigenvalue weighted by atomic mass is 10.2. The summed E-state index contributed by atoms with van der Waals surface area (Å²) in [6.45, 7) is 5.86. The van der Waals surface area contributed by atoms with Crippen LogP contribution in [0.25, 0.3) is 11.0 Å². The van der Waals surface area contributed by atoms with E-state index in [1.165, 1.54) is 11.8 Å². The van der Waals surface area contributed by atoms with Gasteiger partial charge in [-0.25, -0.2) is 4.79 Å². The zero-order valence-electron chi connectivity index (χ0n) is 15.3. The maximum atomic E-state index is 11.5. The van der Waals surface area contributed by atoms with E-state index in [1.54, 1.807) is 6.07 Å². The second kappa shape index (κ2) is 8.27. The summed E-state index contributed by atoms with van der Waals surface area (Å²) in [6, 6.07) is 19.5. The molecular formula is C22H24N2O3. The summed E-state index contributed by atoms with van der Waals surface area (Å²) in [5, 5.41) is 0.879. The lowest BCUT2D eigenvalue weighted by Gasteiger charge is -2.36. The molecule has 1 aromatic heterocycles. The molecule has 5 nitrogen and oxygen atoms in total. The Balaban J connectivity index is 1.25. The van der Waals surface area contributed by atoms with Gasteiger partial charge in [-0.15, -0.1) is 0 Å². The molecule has 4 rings (SSSR count). The highest BCUT2D eigenvalue weighted by Gasteiger charge is 2.16. The third-order valence-corrected chi connectivity index (χ3v) is 4.98. The van der Waals surface area contributed by atoms with Gasteiger partial charge in [0.1, 0.15) is 0 Å². The topological polar surface area (TPSA) is 45.9 Å². The quantitative estimate of drug-likeness (QED) is 0.496. The largest absolute Gasteiger partial charge is 0.490 e. The fourth-order valence-corrected chi connectivity index (χ4v) is 3.52. The van der Waals surface area contributed by atoms with Gasteiger partial charge in [-0.3, -0.25) is 4.90 Å². The average molecular weight is 364 g/mol. The van der Waals surface area contributed by atoms with E-state index >= 15 is 0 Å². The van der Waals surface area contributed by atoms with E-state index in [4.69, 9.17) is 9.15 Å². The minimum Gasteiger partial charge on any atom is -0.490 e. The van der Waals surface area contributed by atoms with Crippen LogP contribution in [-0.4, -0.2) is 44.2 Å². The van der Waals surface area contributed by atoms with Gasteiger partial charge in [-0.2, -0.15) is 0 Å². The van der Waals surface area contributed by atoms with E-state index < -0.39 is 0 Å². The van der Waals surface area contributed by atoms with Gasteiger partial charge >= 0.3 is 5.63 Å². The molecule has 2 heterocycles. The van der Waals surface area contributed by atoms with Crippen LogP contribution in [0, 0.1) is 0 Å². The van der Waals surface area contributed by atoms with Gasteiger partial charge < -0.3 is 14.1 Å². The summed E-state index contributed by atoms with van der Waals surface area (Å²) in [4.78, 5) is 16.4. The first-order valence-corrected chi connectivity index (χ1v) is 9.48. The summed E-state index contributed by atoms with van der Waals surface area (Å²) in [5.74, 6) is 0.638. The van der Waals surface area contributed by atoms with Crippen LogP contribution >= 0.6 is 0 Å². The van der Waals surface area contributed by atoms with Gasteiger partial charge in [0, 0.05) is 49.9 Å². The molecule has 0 spiro atoms. The highest BCUT2D eigenvalue weighted by molar-refractivity contribution is 5.82. The van der Waals surface area contributed by atoms with Crippen molar-refractivity contribution < 1.29 is 9.15 Å². The van der Waals surface area contributed by atoms with Gasteiger partial charge in [0.25, 0.3) is 0 Å². The Bertz CT molecular complexity index is 931. The Morgan fingerprint density at radius 3 is 2.52 bits per heavy atom. The Kier molecular flexibility index (Phi) is 5.39. The SMILES string of the molecule is O=c1ccc2cccc(OCCCN3CCN(c4ccccc4)CC3)c2o1. The van der Waals surface area contributed by atoms with Crippen LogP contribution in [0.5, 0.6) is 5.75 Å². The van der Waals surface area contributed by atoms with E-state index in [9.17, 15) is 4.79 Å². The fraction of sp³-hybridized carbons (Fsp3) is 0.318. The number of piperazine rings is 1. The zero-order chi connectivity index (χ0) is 18.5. The lowest BCUT2D eigenvalue weighted by molar-refractivity contribution is 0.224. The van der Waals surface area contributed by atoms with Gasteiger partial charge in [0.05, 0.1) is 6.61 Å². The molecule has 1 aliphatic rings. The van der Waals surface area contributed by atoms with Crippen molar-refractivity contribution in [2.75, 3.05) is 44.2 Å². The summed E-state index contributed by atoms with van der Waals surface area (Å²) in [6.07, 6.45) is 0.943. The van der Waals surface area contributed by atoms with Gasteiger partial charge in [0.15, 0.2) is 11.3 Å². The van der Waals surface area contributed by atoms with E-state index in [0.717, 1.165) is 44.5 Å². The van der Waals surface area contributed by atoms with Crippen LogP contribution in [-0.2, 0) is 0 Å². The second-order valence-electron chi connectivity index (χ2n) is 6.80. The number of para-hydroxylation sites is 2. The van der Waals surface area contributed by atoms with E-state index in [2.05, 4.69) is 40.1 Å².